The molecule has 0 heterocycles. The highest BCUT2D eigenvalue weighted by Crippen LogP contribution is 2.15. The van der Waals surface area contributed by atoms with Gasteiger partial charge in [-0.05, 0) is 44.0 Å². The van der Waals surface area contributed by atoms with Crippen molar-refractivity contribution in [1.29, 1.82) is 0 Å². The number of rotatable bonds is 8. The van der Waals surface area contributed by atoms with Gasteiger partial charge in [-0.15, -0.1) is 0 Å². The number of benzene rings is 2. The molecule has 2 aromatic rings. The number of nitrogens with one attached hydrogen (secondary N) is 1. The average molecular weight is 352 g/mol. The second kappa shape index (κ2) is 9.76. The van der Waals surface area contributed by atoms with Crippen molar-refractivity contribution in [2.24, 2.45) is 0 Å². The van der Waals surface area contributed by atoms with Crippen LogP contribution in [0.4, 0.5) is 0 Å². The van der Waals surface area contributed by atoms with Gasteiger partial charge in [0.25, 0.3) is 11.8 Å². The molecule has 0 aliphatic rings. The standard InChI is InChI=1S/C22H28N2O2/c1-4-5-14-23-21(25)19-12-9-13-20(15-19)22(26)24(17(2)3)16-18-10-7-6-8-11-18/h6-13,15,17H,4-5,14,16H2,1-3H3,(H,23,25). The van der Waals surface area contributed by atoms with Gasteiger partial charge in [0, 0.05) is 30.3 Å². The van der Waals surface area contributed by atoms with E-state index in [2.05, 4.69) is 12.2 Å². The molecule has 2 amide bonds. The monoisotopic (exact) mass is 352 g/mol. The van der Waals surface area contributed by atoms with Crippen molar-refractivity contribution in [3.63, 3.8) is 0 Å². The van der Waals surface area contributed by atoms with Gasteiger partial charge in [0.15, 0.2) is 0 Å². The van der Waals surface area contributed by atoms with Gasteiger partial charge in [0.2, 0.25) is 0 Å². The zero-order valence-electron chi connectivity index (χ0n) is 15.9. The molecule has 0 unspecified atom stereocenters. The Morgan fingerprint density at radius 1 is 1.00 bits per heavy atom. The van der Waals surface area contributed by atoms with Gasteiger partial charge in [0.1, 0.15) is 0 Å². The highest BCUT2D eigenvalue weighted by molar-refractivity contribution is 5.99. The van der Waals surface area contributed by atoms with Gasteiger partial charge in [-0.25, -0.2) is 0 Å². The van der Waals surface area contributed by atoms with E-state index in [1.165, 1.54) is 0 Å². The first-order valence-corrected chi connectivity index (χ1v) is 9.26. The summed E-state index contributed by atoms with van der Waals surface area (Å²) in [5.41, 5.74) is 2.15. The van der Waals surface area contributed by atoms with Gasteiger partial charge < -0.3 is 10.2 Å². The Balaban J connectivity index is 2.15. The quantitative estimate of drug-likeness (QED) is 0.721. The van der Waals surface area contributed by atoms with Crippen molar-refractivity contribution in [2.45, 2.75) is 46.2 Å². The Bertz CT molecular complexity index is 726. The fourth-order valence-electron chi connectivity index (χ4n) is 2.71. The van der Waals surface area contributed by atoms with Crippen LogP contribution in [0, 0.1) is 0 Å². The van der Waals surface area contributed by atoms with Crippen LogP contribution in [0.15, 0.2) is 54.6 Å². The zero-order valence-corrected chi connectivity index (χ0v) is 15.9. The van der Waals surface area contributed by atoms with E-state index in [0.717, 1.165) is 18.4 Å². The van der Waals surface area contributed by atoms with E-state index in [0.29, 0.717) is 24.2 Å². The predicted octanol–water partition coefficient (Wildman–Crippen LogP) is 4.27. The summed E-state index contributed by atoms with van der Waals surface area (Å²) in [7, 11) is 0. The Hall–Kier alpha value is -2.62. The third-order valence-corrected chi connectivity index (χ3v) is 4.27. The smallest absolute Gasteiger partial charge is 0.254 e. The fraction of sp³-hybridized carbons (Fsp3) is 0.364. The lowest BCUT2D eigenvalue weighted by Crippen LogP contribution is -2.36. The van der Waals surface area contributed by atoms with Crippen molar-refractivity contribution in [3.05, 3.63) is 71.3 Å². The molecule has 0 saturated carbocycles. The molecule has 4 nitrogen and oxygen atoms in total. The van der Waals surface area contributed by atoms with Gasteiger partial charge in [-0.2, -0.15) is 0 Å². The van der Waals surface area contributed by atoms with E-state index < -0.39 is 0 Å². The first kappa shape index (κ1) is 19.7. The van der Waals surface area contributed by atoms with E-state index in [4.69, 9.17) is 0 Å². The van der Waals surface area contributed by atoms with E-state index in [1.807, 2.05) is 49.1 Å². The van der Waals surface area contributed by atoms with Crippen molar-refractivity contribution < 1.29 is 9.59 Å². The highest BCUT2D eigenvalue weighted by Gasteiger charge is 2.20. The number of carbonyl (C=O) groups excluding carboxylic acids is 2. The molecule has 0 aromatic heterocycles. The summed E-state index contributed by atoms with van der Waals surface area (Å²) in [5.74, 6) is -0.195. The molecular formula is C22H28N2O2. The number of amides is 2. The summed E-state index contributed by atoms with van der Waals surface area (Å²) >= 11 is 0. The lowest BCUT2D eigenvalue weighted by Gasteiger charge is -2.27. The van der Waals surface area contributed by atoms with E-state index >= 15 is 0 Å². The van der Waals surface area contributed by atoms with Crippen molar-refractivity contribution in [1.82, 2.24) is 10.2 Å². The first-order chi connectivity index (χ1) is 12.5. The summed E-state index contributed by atoms with van der Waals surface area (Å²) < 4.78 is 0. The van der Waals surface area contributed by atoms with Gasteiger partial charge >= 0.3 is 0 Å². The van der Waals surface area contributed by atoms with Crippen LogP contribution in [0.2, 0.25) is 0 Å². The molecule has 1 N–H and O–H groups in total. The van der Waals surface area contributed by atoms with Crippen LogP contribution in [0.3, 0.4) is 0 Å². The lowest BCUT2D eigenvalue weighted by molar-refractivity contribution is 0.0690. The first-order valence-electron chi connectivity index (χ1n) is 9.26. The number of hydrogen-bond donors (Lipinski definition) is 1. The molecule has 0 bridgehead atoms. The van der Waals surface area contributed by atoms with Crippen LogP contribution in [0.5, 0.6) is 0 Å². The highest BCUT2D eigenvalue weighted by atomic mass is 16.2. The van der Waals surface area contributed by atoms with Crippen molar-refractivity contribution in [3.8, 4) is 0 Å². The minimum Gasteiger partial charge on any atom is -0.352 e. The molecule has 0 spiro atoms. The third kappa shape index (κ3) is 5.45. The molecule has 2 aromatic carbocycles. The van der Waals surface area contributed by atoms with Crippen LogP contribution >= 0.6 is 0 Å². The normalized spacial score (nSPS) is 10.6. The summed E-state index contributed by atoms with van der Waals surface area (Å²) in [6.45, 7) is 7.28. The van der Waals surface area contributed by atoms with Gasteiger partial charge in [-0.1, -0.05) is 49.7 Å². The van der Waals surface area contributed by atoms with Crippen molar-refractivity contribution >= 4 is 11.8 Å². The Morgan fingerprint density at radius 3 is 2.35 bits per heavy atom. The van der Waals surface area contributed by atoms with Crippen LogP contribution < -0.4 is 5.32 Å². The summed E-state index contributed by atoms with van der Waals surface area (Å²) in [6, 6.07) is 17.0. The van der Waals surface area contributed by atoms with Crippen molar-refractivity contribution in [2.75, 3.05) is 6.54 Å². The Morgan fingerprint density at radius 2 is 1.69 bits per heavy atom. The molecule has 0 aliphatic heterocycles. The number of unbranched alkanes of at least 4 members (excludes halogenated alkanes) is 1. The maximum atomic E-state index is 13.0. The van der Waals surface area contributed by atoms with Crippen LogP contribution in [0.25, 0.3) is 0 Å². The molecule has 0 saturated heterocycles. The summed E-state index contributed by atoms with van der Waals surface area (Å²) in [4.78, 5) is 27.1. The fourth-order valence-corrected chi connectivity index (χ4v) is 2.71. The largest absolute Gasteiger partial charge is 0.352 e. The maximum Gasteiger partial charge on any atom is 0.254 e. The molecule has 0 fully saturated rings. The minimum absolute atomic E-state index is 0.0599. The molecule has 0 radical (unpaired) electrons. The van der Waals surface area contributed by atoms with Crippen LogP contribution in [-0.2, 0) is 6.54 Å². The molecule has 4 heteroatoms. The number of carbonyl (C=O) groups is 2. The third-order valence-electron chi connectivity index (χ3n) is 4.27. The molecule has 26 heavy (non-hydrogen) atoms. The van der Waals surface area contributed by atoms with Crippen LogP contribution in [0.1, 0.15) is 59.9 Å². The van der Waals surface area contributed by atoms with Gasteiger partial charge in [0.05, 0.1) is 0 Å². The second-order valence-corrected chi connectivity index (χ2v) is 6.70. The molecule has 0 aliphatic carbocycles. The Kier molecular flexibility index (Phi) is 7.39. The number of hydrogen-bond acceptors (Lipinski definition) is 2. The van der Waals surface area contributed by atoms with E-state index in [-0.39, 0.29) is 17.9 Å². The number of nitrogens with zero attached hydrogens (tertiary/aromatic N) is 1. The molecule has 138 valence electrons. The van der Waals surface area contributed by atoms with E-state index in [1.54, 1.807) is 24.3 Å². The zero-order chi connectivity index (χ0) is 18.9. The summed E-state index contributed by atoms with van der Waals surface area (Å²) in [6.07, 6.45) is 1.98. The Labute approximate surface area is 156 Å². The average Bonchev–Trinajstić information content (AvgIpc) is 2.66. The maximum absolute atomic E-state index is 13.0. The van der Waals surface area contributed by atoms with Crippen LogP contribution in [-0.4, -0.2) is 29.3 Å². The predicted molar refractivity (Wildman–Crippen MR) is 105 cm³/mol. The molecule has 0 atom stereocenters. The molecule has 2 rings (SSSR count). The molecular weight excluding hydrogens is 324 g/mol. The SMILES string of the molecule is CCCCNC(=O)c1cccc(C(=O)N(Cc2ccccc2)C(C)C)c1. The van der Waals surface area contributed by atoms with E-state index in [9.17, 15) is 9.59 Å². The summed E-state index contributed by atoms with van der Waals surface area (Å²) in [5, 5.41) is 2.89. The van der Waals surface area contributed by atoms with Gasteiger partial charge in [-0.3, -0.25) is 9.59 Å². The second-order valence-electron chi connectivity index (χ2n) is 6.70. The lowest BCUT2D eigenvalue weighted by atomic mass is 10.1. The minimum atomic E-state index is -0.132. The topological polar surface area (TPSA) is 49.4 Å².